The number of amides is 2. The Bertz CT molecular complexity index is 1030. The van der Waals surface area contributed by atoms with E-state index in [-0.39, 0.29) is 22.8 Å². The highest BCUT2D eigenvalue weighted by molar-refractivity contribution is 7.91. The van der Waals surface area contributed by atoms with E-state index < -0.39 is 27.7 Å². The van der Waals surface area contributed by atoms with Gasteiger partial charge in [-0.1, -0.05) is 0 Å². The minimum Gasteiger partial charge on any atom is -0.348 e. The Labute approximate surface area is 156 Å². The molecule has 2 N–H and O–H groups in total. The minimum atomic E-state index is -3.10. The van der Waals surface area contributed by atoms with Crippen LogP contribution < -0.4 is 10.6 Å². The molecule has 2 amide bonds. The molecule has 1 aliphatic heterocycles. The van der Waals surface area contributed by atoms with Gasteiger partial charge in [0.15, 0.2) is 9.84 Å². The molecule has 0 radical (unpaired) electrons. The average molecular weight is 384 g/mol. The summed E-state index contributed by atoms with van der Waals surface area (Å²) in [6.45, 7) is 0. The number of sulfone groups is 1. The van der Waals surface area contributed by atoms with Crippen LogP contribution in [0.4, 0.5) is 5.69 Å². The number of nitriles is 1. The van der Waals surface area contributed by atoms with Crippen LogP contribution in [0.1, 0.15) is 32.8 Å². The topological polar surface area (TPSA) is 129 Å². The molecule has 1 saturated heterocycles. The molecule has 9 heteroatoms. The standard InChI is InChI=1S/C18H16N4O4S/c19-10-12-1-3-14(4-2-12)21-18(24)16-9-13(5-7-20-16)17(23)22-15-6-8-27(25,26)11-15/h1-5,7,9,15H,6,8,11H2,(H,21,24)(H,22,23). The number of hydrogen-bond acceptors (Lipinski definition) is 6. The molecule has 138 valence electrons. The number of pyridine rings is 1. The Kier molecular flexibility index (Phi) is 5.19. The van der Waals surface area contributed by atoms with Gasteiger partial charge in [-0.05, 0) is 42.8 Å². The van der Waals surface area contributed by atoms with Crippen molar-refractivity contribution in [3.63, 3.8) is 0 Å². The van der Waals surface area contributed by atoms with Crippen LogP contribution >= 0.6 is 0 Å². The van der Waals surface area contributed by atoms with Gasteiger partial charge in [-0.25, -0.2) is 8.42 Å². The van der Waals surface area contributed by atoms with E-state index in [1.807, 2.05) is 6.07 Å². The summed E-state index contributed by atoms with van der Waals surface area (Å²) in [5, 5.41) is 14.1. The van der Waals surface area contributed by atoms with Crippen LogP contribution in [0, 0.1) is 11.3 Å². The van der Waals surface area contributed by atoms with Crippen molar-refractivity contribution >= 4 is 27.3 Å². The van der Waals surface area contributed by atoms with E-state index in [1.54, 1.807) is 24.3 Å². The summed E-state index contributed by atoms with van der Waals surface area (Å²) in [5.41, 5.74) is 1.23. The molecule has 0 spiro atoms. The maximum atomic E-state index is 12.3. The number of carbonyl (C=O) groups is 2. The first-order chi connectivity index (χ1) is 12.9. The molecule has 2 heterocycles. The summed E-state index contributed by atoms with van der Waals surface area (Å²) in [6.07, 6.45) is 1.72. The number of anilines is 1. The van der Waals surface area contributed by atoms with Gasteiger partial charge < -0.3 is 10.6 Å². The van der Waals surface area contributed by atoms with Crippen LogP contribution in [-0.2, 0) is 9.84 Å². The summed E-state index contributed by atoms with van der Waals surface area (Å²) in [4.78, 5) is 28.6. The molecule has 3 rings (SSSR count). The number of rotatable bonds is 4. The van der Waals surface area contributed by atoms with Crippen molar-refractivity contribution < 1.29 is 18.0 Å². The molecular weight excluding hydrogens is 368 g/mol. The zero-order chi connectivity index (χ0) is 19.4. The third-order valence-electron chi connectivity index (χ3n) is 4.09. The van der Waals surface area contributed by atoms with Gasteiger partial charge in [0.05, 0.1) is 23.1 Å². The third-order valence-corrected chi connectivity index (χ3v) is 5.86. The Hall–Kier alpha value is -3.25. The second-order valence-electron chi connectivity index (χ2n) is 6.15. The lowest BCUT2D eigenvalue weighted by molar-refractivity contribution is 0.0941. The van der Waals surface area contributed by atoms with E-state index in [0.717, 1.165) is 0 Å². The molecule has 8 nitrogen and oxygen atoms in total. The second-order valence-corrected chi connectivity index (χ2v) is 8.38. The number of nitrogens with zero attached hydrogens (tertiary/aromatic N) is 2. The smallest absolute Gasteiger partial charge is 0.274 e. The lowest BCUT2D eigenvalue weighted by Gasteiger charge is -2.11. The van der Waals surface area contributed by atoms with Gasteiger partial charge in [0.1, 0.15) is 5.69 Å². The summed E-state index contributed by atoms with van der Waals surface area (Å²) < 4.78 is 23.0. The number of carbonyl (C=O) groups excluding carboxylic acids is 2. The fraction of sp³-hybridized carbons (Fsp3) is 0.222. The number of hydrogen-bond donors (Lipinski definition) is 2. The highest BCUT2D eigenvalue weighted by Crippen LogP contribution is 2.13. The quantitative estimate of drug-likeness (QED) is 0.813. The lowest BCUT2D eigenvalue weighted by Crippen LogP contribution is -2.35. The molecular formula is C18H16N4O4S. The van der Waals surface area contributed by atoms with E-state index in [9.17, 15) is 18.0 Å². The van der Waals surface area contributed by atoms with Crippen LogP contribution in [-0.4, -0.2) is 42.8 Å². The highest BCUT2D eigenvalue weighted by Gasteiger charge is 2.29. The van der Waals surface area contributed by atoms with Crippen molar-refractivity contribution in [2.24, 2.45) is 0 Å². The SMILES string of the molecule is N#Cc1ccc(NC(=O)c2cc(C(=O)NC3CCS(=O)(=O)C3)ccn2)cc1. The molecule has 1 aromatic heterocycles. The monoisotopic (exact) mass is 384 g/mol. The number of nitrogens with one attached hydrogen (secondary N) is 2. The Morgan fingerprint density at radius 3 is 2.52 bits per heavy atom. The fourth-order valence-corrected chi connectivity index (χ4v) is 4.37. The average Bonchev–Trinajstić information content (AvgIpc) is 3.00. The summed E-state index contributed by atoms with van der Waals surface area (Å²) in [6, 6.07) is 10.7. The van der Waals surface area contributed by atoms with E-state index in [0.29, 0.717) is 17.7 Å². The van der Waals surface area contributed by atoms with Gasteiger partial charge in [0, 0.05) is 23.5 Å². The molecule has 1 unspecified atom stereocenters. The molecule has 0 saturated carbocycles. The molecule has 27 heavy (non-hydrogen) atoms. The second kappa shape index (κ2) is 7.55. The van der Waals surface area contributed by atoms with Crippen LogP contribution in [0.5, 0.6) is 0 Å². The van der Waals surface area contributed by atoms with Crippen LogP contribution in [0.15, 0.2) is 42.6 Å². The van der Waals surface area contributed by atoms with Gasteiger partial charge >= 0.3 is 0 Å². The molecule has 1 aromatic carbocycles. The van der Waals surface area contributed by atoms with E-state index in [1.165, 1.54) is 18.3 Å². The Balaban J connectivity index is 1.68. The van der Waals surface area contributed by atoms with Crippen LogP contribution in [0.2, 0.25) is 0 Å². The molecule has 2 aromatic rings. The zero-order valence-corrected chi connectivity index (χ0v) is 15.0. The van der Waals surface area contributed by atoms with Gasteiger partial charge in [0.25, 0.3) is 11.8 Å². The molecule has 1 atom stereocenters. The predicted molar refractivity (Wildman–Crippen MR) is 97.9 cm³/mol. The minimum absolute atomic E-state index is 0.0473. The highest BCUT2D eigenvalue weighted by atomic mass is 32.2. The maximum absolute atomic E-state index is 12.3. The van der Waals surface area contributed by atoms with E-state index >= 15 is 0 Å². The number of aromatic nitrogens is 1. The zero-order valence-electron chi connectivity index (χ0n) is 14.2. The Morgan fingerprint density at radius 2 is 1.89 bits per heavy atom. The van der Waals surface area contributed by atoms with Crippen molar-refractivity contribution in [1.29, 1.82) is 5.26 Å². The first-order valence-corrected chi connectivity index (χ1v) is 9.97. The fourth-order valence-electron chi connectivity index (χ4n) is 2.70. The molecule has 1 aliphatic rings. The first-order valence-electron chi connectivity index (χ1n) is 8.15. The van der Waals surface area contributed by atoms with Gasteiger partial charge in [0.2, 0.25) is 0 Å². The molecule has 0 bridgehead atoms. The normalized spacial score (nSPS) is 17.7. The first kappa shape index (κ1) is 18.5. The van der Waals surface area contributed by atoms with E-state index in [2.05, 4.69) is 15.6 Å². The lowest BCUT2D eigenvalue weighted by atomic mass is 10.1. The summed E-state index contributed by atoms with van der Waals surface area (Å²) in [7, 11) is -3.10. The molecule has 0 aliphatic carbocycles. The van der Waals surface area contributed by atoms with Crippen molar-refractivity contribution in [1.82, 2.24) is 10.3 Å². The van der Waals surface area contributed by atoms with Crippen LogP contribution in [0.25, 0.3) is 0 Å². The number of benzene rings is 1. The van der Waals surface area contributed by atoms with E-state index in [4.69, 9.17) is 5.26 Å². The summed E-state index contributed by atoms with van der Waals surface area (Å²) in [5.74, 6) is -0.965. The largest absolute Gasteiger partial charge is 0.348 e. The van der Waals surface area contributed by atoms with Gasteiger partial charge in [-0.3, -0.25) is 14.6 Å². The molecule has 1 fully saturated rings. The predicted octanol–water partition coefficient (Wildman–Crippen LogP) is 1.12. The third kappa shape index (κ3) is 4.68. The van der Waals surface area contributed by atoms with Crippen molar-refractivity contribution in [2.45, 2.75) is 12.5 Å². The Morgan fingerprint density at radius 1 is 1.15 bits per heavy atom. The van der Waals surface area contributed by atoms with Crippen molar-refractivity contribution in [2.75, 3.05) is 16.8 Å². The van der Waals surface area contributed by atoms with Gasteiger partial charge in [-0.15, -0.1) is 0 Å². The van der Waals surface area contributed by atoms with Crippen molar-refractivity contribution in [3.8, 4) is 6.07 Å². The summed E-state index contributed by atoms with van der Waals surface area (Å²) >= 11 is 0. The van der Waals surface area contributed by atoms with Crippen molar-refractivity contribution in [3.05, 3.63) is 59.4 Å². The van der Waals surface area contributed by atoms with Crippen LogP contribution in [0.3, 0.4) is 0 Å². The maximum Gasteiger partial charge on any atom is 0.274 e. The van der Waals surface area contributed by atoms with Gasteiger partial charge in [-0.2, -0.15) is 5.26 Å².